The van der Waals surface area contributed by atoms with Gasteiger partial charge in [-0.3, -0.25) is 9.10 Å². The van der Waals surface area contributed by atoms with Crippen LogP contribution in [0.2, 0.25) is 5.02 Å². The maximum atomic E-state index is 13.3. The largest absolute Gasteiger partial charge is 0.457 e. The van der Waals surface area contributed by atoms with Gasteiger partial charge in [0.2, 0.25) is 15.9 Å². The summed E-state index contributed by atoms with van der Waals surface area (Å²) >= 11 is 5.64. The number of hydrogen-bond acceptors (Lipinski definition) is 4. The highest BCUT2D eigenvalue weighted by atomic mass is 35.5. The topological polar surface area (TPSA) is 75.7 Å². The zero-order valence-corrected chi connectivity index (χ0v) is 18.7. The van der Waals surface area contributed by atoms with E-state index in [0.29, 0.717) is 17.6 Å². The van der Waals surface area contributed by atoms with Crippen LogP contribution in [-0.2, 0) is 21.0 Å². The molecule has 0 atom stereocenters. The highest BCUT2D eigenvalue weighted by molar-refractivity contribution is 7.92. The minimum Gasteiger partial charge on any atom is -0.457 e. The third-order valence-corrected chi connectivity index (χ3v) is 5.73. The molecule has 0 aliphatic carbocycles. The molecule has 0 radical (unpaired) electrons. The highest BCUT2D eigenvalue weighted by Crippen LogP contribution is 2.36. The van der Waals surface area contributed by atoms with Crippen molar-refractivity contribution in [1.82, 2.24) is 0 Å². The number of sulfonamides is 1. The maximum absolute atomic E-state index is 13.3. The summed E-state index contributed by atoms with van der Waals surface area (Å²) in [5.74, 6) is 0.0460. The number of alkyl halides is 3. The average molecular weight is 499 g/mol. The van der Waals surface area contributed by atoms with Crippen molar-refractivity contribution in [3.05, 3.63) is 83.4 Å². The van der Waals surface area contributed by atoms with Gasteiger partial charge in [-0.15, -0.1) is 0 Å². The summed E-state index contributed by atoms with van der Waals surface area (Å²) in [6.07, 6.45) is -3.88. The molecule has 3 rings (SSSR count). The van der Waals surface area contributed by atoms with Crippen LogP contribution < -0.4 is 14.4 Å². The smallest absolute Gasteiger partial charge is 0.418 e. The lowest BCUT2D eigenvalue weighted by Crippen LogP contribution is -2.37. The molecule has 6 nitrogen and oxygen atoms in total. The van der Waals surface area contributed by atoms with Gasteiger partial charge in [0.25, 0.3) is 0 Å². The lowest BCUT2D eigenvalue weighted by atomic mass is 10.1. The molecule has 0 spiro atoms. The summed E-state index contributed by atoms with van der Waals surface area (Å²) in [5, 5.41) is 1.96. The van der Waals surface area contributed by atoms with Gasteiger partial charge in [0.05, 0.1) is 23.2 Å². The first kappa shape index (κ1) is 24.4. The number of halogens is 4. The van der Waals surface area contributed by atoms with E-state index in [-0.39, 0.29) is 10.7 Å². The third kappa shape index (κ3) is 6.62. The van der Waals surface area contributed by atoms with Crippen molar-refractivity contribution in [3.63, 3.8) is 0 Å². The Morgan fingerprint density at radius 2 is 1.61 bits per heavy atom. The maximum Gasteiger partial charge on any atom is 0.418 e. The van der Waals surface area contributed by atoms with Crippen molar-refractivity contribution in [2.24, 2.45) is 0 Å². The molecule has 0 aromatic heterocycles. The van der Waals surface area contributed by atoms with Crippen LogP contribution in [-0.4, -0.2) is 27.1 Å². The number of nitrogens with zero attached hydrogens (tertiary/aromatic N) is 1. The fraction of sp³-hybridized carbons (Fsp3) is 0.136. The fourth-order valence-electron chi connectivity index (χ4n) is 2.89. The van der Waals surface area contributed by atoms with E-state index in [2.05, 4.69) is 5.32 Å². The summed E-state index contributed by atoms with van der Waals surface area (Å²) in [6.45, 7) is -0.738. The van der Waals surface area contributed by atoms with E-state index < -0.39 is 39.9 Å². The van der Waals surface area contributed by atoms with E-state index >= 15 is 0 Å². The molecule has 0 aliphatic rings. The number of ether oxygens (including phenoxy) is 1. The number of anilines is 2. The molecule has 0 heterocycles. The summed E-state index contributed by atoms with van der Waals surface area (Å²) < 4.78 is 70.8. The predicted octanol–water partition coefficient (Wildman–Crippen LogP) is 5.56. The van der Waals surface area contributed by atoms with Gasteiger partial charge in [0.15, 0.2) is 0 Å². The van der Waals surface area contributed by atoms with Crippen LogP contribution in [0.15, 0.2) is 72.8 Å². The predicted molar refractivity (Wildman–Crippen MR) is 120 cm³/mol. The monoisotopic (exact) mass is 498 g/mol. The molecular weight excluding hydrogens is 481 g/mol. The molecule has 3 aromatic rings. The minimum atomic E-state index is -4.77. The molecular formula is C22H18ClF3N2O4S. The SMILES string of the molecule is CS(=O)(=O)N(CC(=O)Nc1ccc(Cl)cc1C(F)(F)F)c1ccc(Oc2ccccc2)cc1. The Morgan fingerprint density at radius 1 is 1.00 bits per heavy atom. The number of carbonyl (C=O) groups is 1. The number of para-hydroxylation sites is 1. The Labute approximate surface area is 193 Å². The van der Waals surface area contributed by atoms with Gasteiger partial charge in [-0.25, -0.2) is 8.42 Å². The van der Waals surface area contributed by atoms with E-state index in [1.807, 2.05) is 6.07 Å². The van der Waals surface area contributed by atoms with Crippen LogP contribution in [0.5, 0.6) is 11.5 Å². The summed E-state index contributed by atoms with van der Waals surface area (Å²) in [5.41, 5.74) is -1.53. The molecule has 174 valence electrons. The van der Waals surface area contributed by atoms with Gasteiger partial charge in [-0.2, -0.15) is 13.2 Å². The normalized spacial score (nSPS) is 11.7. The van der Waals surface area contributed by atoms with Crippen LogP contribution in [0.4, 0.5) is 24.5 Å². The Kier molecular flexibility index (Phi) is 7.19. The van der Waals surface area contributed by atoms with Crippen LogP contribution in [0.1, 0.15) is 5.56 Å². The number of carbonyl (C=O) groups excluding carboxylic acids is 1. The molecule has 1 amide bonds. The second-order valence-electron chi connectivity index (χ2n) is 6.91. The number of benzene rings is 3. The van der Waals surface area contributed by atoms with Crippen LogP contribution >= 0.6 is 11.6 Å². The second-order valence-corrected chi connectivity index (χ2v) is 9.26. The van der Waals surface area contributed by atoms with Crippen LogP contribution in [0.25, 0.3) is 0 Å². The number of amides is 1. The zero-order valence-electron chi connectivity index (χ0n) is 17.1. The zero-order chi connectivity index (χ0) is 24.2. The van der Waals surface area contributed by atoms with Crippen LogP contribution in [0.3, 0.4) is 0 Å². The Bertz CT molecular complexity index is 1230. The standard InChI is InChI=1S/C22H18ClF3N2O4S/c1-33(30,31)28(16-8-10-18(11-9-16)32-17-5-3-2-4-6-17)14-21(29)27-20-12-7-15(23)13-19(20)22(24,25)26/h2-13H,14H2,1H3,(H,27,29). The van der Waals surface area contributed by atoms with Gasteiger partial charge in [-0.05, 0) is 54.6 Å². The van der Waals surface area contributed by atoms with E-state index in [1.54, 1.807) is 24.3 Å². The van der Waals surface area contributed by atoms with E-state index in [1.165, 1.54) is 30.3 Å². The van der Waals surface area contributed by atoms with Gasteiger partial charge in [0.1, 0.15) is 18.0 Å². The lowest BCUT2D eigenvalue weighted by Gasteiger charge is -2.22. The molecule has 0 bridgehead atoms. The van der Waals surface area contributed by atoms with E-state index in [4.69, 9.17) is 16.3 Å². The molecule has 0 saturated heterocycles. The average Bonchev–Trinajstić information content (AvgIpc) is 2.73. The van der Waals surface area contributed by atoms with Crippen molar-refractivity contribution in [3.8, 4) is 11.5 Å². The van der Waals surface area contributed by atoms with Crippen molar-refractivity contribution >= 4 is 38.9 Å². The molecule has 1 N–H and O–H groups in total. The van der Waals surface area contributed by atoms with Gasteiger partial charge in [-0.1, -0.05) is 29.8 Å². The summed E-state index contributed by atoms with van der Waals surface area (Å²) in [6, 6.07) is 17.6. The van der Waals surface area contributed by atoms with E-state index in [9.17, 15) is 26.4 Å². The second kappa shape index (κ2) is 9.72. The highest BCUT2D eigenvalue weighted by Gasteiger charge is 2.34. The number of rotatable bonds is 7. The Hall–Kier alpha value is -3.24. The van der Waals surface area contributed by atoms with Gasteiger partial charge >= 0.3 is 6.18 Å². The van der Waals surface area contributed by atoms with Crippen molar-refractivity contribution in [2.75, 3.05) is 22.4 Å². The van der Waals surface area contributed by atoms with Gasteiger partial charge < -0.3 is 10.1 Å². The fourth-order valence-corrected chi connectivity index (χ4v) is 3.91. The molecule has 0 fully saturated rings. The van der Waals surface area contributed by atoms with Crippen LogP contribution in [0, 0.1) is 0 Å². The number of hydrogen-bond donors (Lipinski definition) is 1. The van der Waals surface area contributed by atoms with Crippen molar-refractivity contribution in [1.29, 1.82) is 0 Å². The first-order chi connectivity index (χ1) is 15.4. The molecule has 0 unspecified atom stereocenters. The first-order valence-corrected chi connectivity index (χ1v) is 11.6. The Morgan fingerprint density at radius 3 is 2.18 bits per heavy atom. The molecule has 0 saturated carbocycles. The first-order valence-electron chi connectivity index (χ1n) is 9.41. The minimum absolute atomic E-state index is 0.139. The van der Waals surface area contributed by atoms with Crippen molar-refractivity contribution in [2.45, 2.75) is 6.18 Å². The Balaban J connectivity index is 1.79. The third-order valence-electron chi connectivity index (χ3n) is 4.35. The molecule has 3 aromatic carbocycles. The lowest BCUT2D eigenvalue weighted by molar-refractivity contribution is -0.137. The molecule has 11 heteroatoms. The quantitative estimate of drug-likeness (QED) is 0.463. The summed E-state index contributed by atoms with van der Waals surface area (Å²) in [4.78, 5) is 12.5. The van der Waals surface area contributed by atoms with Crippen molar-refractivity contribution < 1.29 is 31.1 Å². The molecule has 33 heavy (non-hydrogen) atoms. The molecule has 0 aliphatic heterocycles. The summed E-state index contributed by atoms with van der Waals surface area (Å²) in [7, 11) is -3.93. The van der Waals surface area contributed by atoms with E-state index in [0.717, 1.165) is 16.6 Å². The number of nitrogens with one attached hydrogen (secondary N) is 1. The van der Waals surface area contributed by atoms with Gasteiger partial charge in [0, 0.05) is 5.02 Å².